The second kappa shape index (κ2) is 3.10. The standard InChI is InChI=1S/C9H17ClSi/c10-11(7-3-4-8-11)9-5-1-2-6-9/h9H,1-8H2. The van der Waals surface area contributed by atoms with Crippen LogP contribution in [-0.2, 0) is 0 Å². The zero-order valence-corrected chi connectivity index (χ0v) is 8.87. The second-order valence-electron chi connectivity index (χ2n) is 4.22. The van der Waals surface area contributed by atoms with Gasteiger partial charge in [0.15, 0.2) is 7.38 Å². The third kappa shape index (κ3) is 1.50. The minimum absolute atomic E-state index is 1.01. The average molecular weight is 189 g/mol. The van der Waals surface area contributed by atoms with E-state index in [2.05, 4.69) is 0 Å². The highest BCUT2D eigenvalue weighted by Gasteiger charge is 2.42. The van der Waals surface area contributed by atoms with Crippen molar-refractivity contribution in [3.8, 4) is 0 Å². The van der Waals surface area contributed by atoms with Crippen LogP contribution in [-0.4, -0.2) is 7.38 Å². The van der Waals surface area contributed by atoms with E-state index in [1.165, 1.54) is 50.6 Å². The largest absolute Gasteiger partial charge is 0.167 e. The Morgan fingerprint density at radius 1 is 0.909 bits per heavy atom. The quantitative estimate of drug-likeness (QED) is 0.433. The van der Waals surface area contributed by atoms with Gasteiger partial charge in [0.25, 0.3) is 0 Å². The third-order valence-corrected chi connectivity index (χ3v) is 9.99. The molecule has 1 aliphatic carbocycles. The maximum Gasteiger partial charge on any atom is 0.159 e. The Bertz CT molecular complexity index is 134. The smallest absolute Gasteiger partial charge is 0.159 e. The fourth-order valence-corrected chi connectivity index (χ4v) is 8.46. The lowest BCUT2D eigenvalue weighted by molar-refractivity contribution is 0.842. The fraction of sp³-hybridized carbons (Fsp3) is 1.00. The molecule has 0 aromatic heterocycles. The van der Waals surface area contributed by atoms with Crippen LogP contribution in [0.15, 0.2) is 0 Å². The summed E-state index contributed by atoms with van der Waals surface area (Å²) in [6.07, 6.45) is 8.74. The van der Waals surface area contributed by atoms with E-state index in [0.29, 0.717) is 0 Å². The summed E-state index contributed by atoms with van der Waals surface area (Å²) in [6.45, 7) is 0. The Labute approximate surface area is 75.0 Å². The van der Waals surface area contributed by atoms with E-state index in [4.69, 9.17) is 11.1 Å². The van der Waals surface area contributed by atoms with E-state index in [0.717, 1.165) is 5.54 Å². The minimum atomic E-state index is -1.18. The van der Waals surface area contributed by atoms with Gasteiger partial charge in [-0.25, -0.2) is 0 Å². The van der Waals surface area contributed by atoms with Gasteiger partial charge in [-0.1, -0.05) is 38.5 Å². The molecule has 11 heavy (non-hydrogen) atoms. The van der Waals surface area contributed by atoms with Crippen molar-refractivity contribution in [2.24, 2.45) is 0 Å². The van der Waals surface area contributed by atoms with Gasteiger partial charge in [0.2, 0.25) is 0 Å². The van der Waals surface area contributed by atoms with Crippen LogP contribution in [0.5, 0.6) is 0 Å². The van der Waals surface area contributed by atoms with Gasteiger partial charge < -0.3 is 0 Å². The molecule has 2 heteroatoms. The summed E-state index contributed by atoms with van der Waals surface area (Å²) in [7, 11) is -1.18. The molecule has 1 saturated heterocycles. The Balaban J connectivity index is 2.00. The van der Waals surface area contributed by atoms with Gasteiger partial charge in [0, 0.05) is 0 Å². The van der Waals surface area contributed by atoms with Crippen molar-refractivity contribution in [3.05, 3.63) is 0 Å². The molecule has 0 aromatic rings. The van der Waals surface area contributed by atoms with E-state index in [-0.39, 0.29) is 0 Å². The highest BCUT2D eigenvalue weighted by Crippen LogP contribution is 2.49. The fourth-order valence-electron chi connectivity index (χ4n) is 2.81. The molecule has 0 amide bonds. The van der Waals surface area contributed by atoms with Gasteiger partial charge in [0.05, 0.1) is 0 Å². The first-order valence-electron chi connectivity index (χ1n) is 5.00. The topological polar surface area (TPSA) is 0 Å². The van der Waals surface area contributed by atoms with Crippen molar-refractivity contribution in [2.45, 2.75) is 56.2 Å². The van der Waals surface area contributed by atoms with E-state index in [9.17, 15) is 0 Å². The van der Waals surface area contributed by atoms with Gasteiger partial charge in [0.1, 0.15) is 0 Å². The molecule has 1 saturated carbocycles. The van der Waals surface area contributed by atoms with Crippen molar-refractivity contribution >= 4 is 18.5 Å². The Hall–Kier alpha value is 0.507. The van der Waals surface area contributed by atoms with Crippen LogP contribution in [0.25, 0.3) is 0 Å². The van der Waals surface area contributed by atoms with Crippen molar-refractivity contribution < 1.29 is 0 Å². The molecule has 2 fully saturated rings. The lowest BCUT2D eigenvalue weighted by Gasteiger charge is -2.25. The molecule has 0 bridgehead atoms. The zero-order chi connectivity index (χ0) is 7.73. The van der Waals surface area contributed by atoms with Gasteiger partial charge in [-0.2, -0.15) is 11.1 Å². The summed E-state index contributed by atoms with van der Waals surface area (Å²) in [5, 5.41) is 0. The van der Waals surface area contributed by atoms with E-state index in [1.807, 2.05) is 0 Å². The predicted octanol–water partition coefficient (Wildman–Crippen LogP) is 3.91. The molecule has 1 aliphatic heterocycles. The first-order chi connectivity index (χ1) is 5.31. The monoisotopic (exact) mass is 188 g/mol. The summed E-state index contributed by atoms with van der Waals surface area (Å²) in [6, 6.07) is 2.86. The number of hydrogen-bond donors (Lipinski definition) is 0. The molecule has 0 spiro atoms. The Morgan fingerprint density at radius 2 is 1.45 bits per heavy atom. The molecule has 0 N–H and O–H groups in total. The van der Waals surface area contributed by atoms with Crippen molar-refractivity contribution in [2.75, 3.05) is 0 Å². The molecule has 0 unspecified atom stereocenters. The number of halogens is 1. The summed E-state index contributed by atoms with van der Waals surface area (Å²) >= 11 is 6.72. The molecule has 1 heterocycles. The van der Waals surface area contributed by atoms with Crippen LogP contribution in [0.3, 0.4) is 0 Å². The summed E-state index contributed by atoms with van der Waals surface area (Å²) < 4.78 is 0. The van der Waals surface area contributed by atoms with E-state index >= 15 is 0 Å². The van der Waals surface area contributed by atoms with Crippen LogP contribution in [0.1, 0.15) is 38.5 Å². The summed E-state index contributed by atoms with van der Waals surface area (Å²) in [5.41, 5.74) is 1.01. The van der Waals surface area contributed by atoms with Crippen LogP contribution in [0.4, 0.5) is 0 Å². The molecule has 0 radical (unpaired) electrons. The molecule has 2 aliphatic rings. The van der Waals surface area contributed by atoms with E-state index < -0.39 is 7.38 Å². The van der Waals surface area contributed by atoms with Gasteiger partial charge in [-0.05, 0) is 17.6 Å². The molecule has 0 nitrogen and oxygen atoms in total. The summed E-state index contributed by atoms with van der Waals surface area (Å²) in [5.74, 6) is 0. The molecular weight excluding hydrogens is 172 g/mol. The minimum Gasteiger partial charge on any atom is -0.167 e. The van der Waals surface area contributed by atoms with Crippen molar-refractivity contribution in [1.82, 2.24) is 0 Å². The molecule has 2 rings (SSSR count). The molecular formula is C9H17ClSi. The van der Waals surface area contributed by atoms with Gasteiger partial charge >= 0.3 is 0 Å². The van der Waals surface area contributed by atoms with Crippen LogP contribution in [0.2, 0.25) is 17.6 Å². The van der Waals surface area contributed by atoms with Gasteiger partial charge in [-0.3, -0.25) is 0 Å². The lowest BCUT2D eigenvalue weighted by atomic mass is 10.4. The molecule has 64 valence electrons. The predicted molar refractivity (Wildman–Crippen MR) is 52.7 cm³/mol. The highest BCUT2D eigenvalue weighted by molar-refractivity contribution is 7.21. The maximum atomic E-state index is 6.72. The highest BCUT2D eigenvalue weighted by atomic mass is 35.6. The SMILES string of the molecule is Cl[Si]1(C2CCCC2)CCCC1. The molecule has 0 aromatic carbocycles. The maximum absolute atomic E-state index is 6.72. The van der Waals surface area contributed by atoms with Crippen molar-refractivity contribution in [3.63, 3.8) is 0 Å². The van der Waals surface area contributed by atoms with E-state index in [1.54, 1.807) is 0 Å². The Morgan fingerprint density at radius 3 is 2.00 bits per heavy atom. The van der Waals surface area contributed by atoms with Crippen LogP contribution in [0, 0.1) is 0 Å². The summed E-state index contributed by atoms with van der Waals surface area (Å²) in [4.78, 5) is 0. The number of hydrogen-bond acceptors (Lipinski definition) is 0. The van der Waals surface area contributed by atoms with Crippen molar-refractivity contribution in [1.29, 1.82) is 0 Å². The lowest BCUT2D eigenvalue weighted by Crippen LogP contribution is -2.27. The normalized spacial score (nSPS) is 31.4. The first-order valence-corrected chi connectivity index (χ1v) is 8.50. The Kier molecular flexibility index (Phi) is 2.29. The second-order valence-corrected chi connectivity index (χ2v) is 10.4. The molecule has 0 atom stereocenters. The first kappa shape index (κ1) is 8.12. The van der Waals surface area contributed by atoms with Crippen LogP contribution < -0.4 is 0 Å². The zero-order valence-electron chi connectivity index (χ0n) is 7.11. The van der Waals surface area contributed by atoms with Crippen LogP contribution >= 0.6 is 11.1 Å². The number of rotatable bonds is 1. The average Bonchev–Trinajstić information content (AvgIpc) is 2.55. The third-order valence-electron chi connectivity index (χ3n) is 3.52. The van der Waals surface area contributed by atoms with Gasteiger partial charge in [-0.15, -0.1) is 0 Å².